The summed E-state index contributed by atoms with van der Waals surface area (Å²) in [5, 5.41) is 3.21. The summed E-state index contributed by atoms with van der Waals surface area (Å²) in [5.74, 6) is -0.179. The van der Waals surface area contributed by atoms with Crippen molar-refractivity contribution < 1.29 is 4.39 Å². The zero-order valence-electron chi connectivity index (χ0n) is 8.68. The van der Waals surface area contributed by atoms with Gasteiger partial charge in [-0.3, -0.25) is 0 Å². The van der Waals surface area contributed by atoms with Crippen molar-refractivity contribution in [1.29, 1.82) is 0 Å². The molecule has 0 saturated carbocycles. The van der Waals surface area contributed by atoms with Crippen LogP contribution in [0.5, 0.6) is 0 Å². The molecule has 0 saturated heterocycles. The SMILES string of the molecule is Cc1cc(F)cc(CN[C@H](C)CN)c1. The van der Waals surface area contributed by atoms with Gasteiger partial charge in [-0.2, -0.15) is 0 Å². The molecule has 0 fully saturated rings. The Kier molecular flexibility index (Phi) is 4.04. The molecule has 1 atom stereocenters. The minimum atomic E-state index is -0.179. The van der Waals surface area contributed by atoms with Gasteiger partial charge in [0.2, 0.25) is 0 Å². The fourth-order valence-corrected chi connectivity index (χ4v) is 1.29. The lowest BCUT2D eigenvalue weighted by Gasteiger charge is -2.11. The van der Waals surface area contributed by atoms with E-state index in [-0.39, 0.29) is 11.9 Å². The van der Waals surface area contributed by atoms with Gasteiger partial charge in [0.25, 0.3) is 0 Å². The van der Waals surface area contributed by atoms with Crippen LogP contribution in [0.1, 0.15) is 18.1 Å². The predicted octanol–water partition coefficient (Wildman–Crippen LogP) is 1.57. The van der Waals surface area contributed by atoms with Gasteiger partial charge in [-0.05, 0) is 37.1 Å². The summed E-state index contributed by atoms with van der Waals surface area (Å²) >= 11 is 0. The highest BCUT2D eigenvalue weighted by Gasteiger charge is 2.00. The molecule has 0 radical (unpaired) electrons. The van der Waals surface area contributed by atoms with Gasteiger partial charge >= 0.3 is 0 Å². The largest absolute Gasteiger partial charge is 0.329 e. The fraction of sp³-hybridized carbons (Fsp3) is 0.455. The highest BCUT2D eigenvalue weighted by atomic mass is 19.1. The minimum Gasteiger partial charge on any atom is -0.329 e. The number of nitrogens with two attached hydrogens (primary N) is 1. The van der Waals surface area contributed by atoms with E-state index in [9.17, 15) is 4.39 Å². The molecule has 2 nitrogen and oxygen atoms in total. The first-order chi connectivity index (χ1) is 6.61. The van der Waals surface area contributed by atoms with E-state index in [1.165, 1.54) is 6.07 Å². The van der Waals surface area contributed by atoms with Gasteiger partial charge < -0.3 is 11.1 Å². The molecule has 0 aliphatic rings. The molecule has 0 aliphatic heterocycles. The van der Waals surface area contributed by atoms with Crippen LogP contribution in [0, 0.1) is 12.7 Å². The number of aryl methyl sites for hydroxylation is 1. The number of hydrogen-bond donors (Lipinski definition) is 2. The average molecular weight is 196 g/mol. The maximum Gasteiger partial charge on any atom is 0.123 e. The summed E-state index contributed by atoms with van der Waals surface area (Å²) in [6, 6.07) is 5.30. The second kappa shape index (κ2) is 5.08. The molecule has 0 aliphatic carbocycles. The second-order valence-electron chi connectivity index (χ2n) is 3.65. The molecule has 78 valence electrons. The van der Waals surface area contributed by atoms with Crippen LogP contribution in [0.3, 0.4) is 0 Å². The quantitative estimate of drug-likeness (QED) is 0.767. The van der Waals surface area contributed by atoms with Crippen molar-refractivity contribution in [2.45, 2.75) is 26.4 Å². The minimum absolute atomic E-state index is 0.179. The molecule has 3 heteroatoms. The third kappa shape index (κ3) is 3.44. The van der Waals surface area contributed by atoms with Gasteiger partial charge in [0.05, 0.1) is 0 Å². The van der Waals surface area contributed by atoms with E-state index in [0.717, 1.165) is 11.1 Å². The zero-order valence-corrected chi connectivity index (χ0v) is 8.68. The van der Waals surface area contributed by atoms with Crippen molar-refractivity contribution in [1.82, 2.24) is 5.32 Å². The van der Waals surface area contributed by atoms with Crippen molar-refractivity contribution in [3.63, 3.8) is 0 Å². The molecule has 1 aromatic rings. The van der Waals surface area contributed by atoms with Crippen LogP contribution in [0.25, 0.3) is 0 Å². The molecule has 1 rings (SSSR count). The number of rotatable bonds is 4. The first kappa shape index (κ1) is 11.1. The summed E-state index contributed by atoms with van der Waals surface area (Å²) in [6.07, 6.45) is 0. The lowest BCUT2D eigenvalue weighted by molar-refractivity contribution is 0.552. The molecular weight excluding hydrogens is 179 g/mol. The molecule has 0 aromatic heterocycles. The summed E-state index contributed by atoms with van der Waals surface area (Å²) in [5.41, 5.74) is 7.37. The Bertz CT molecular complexity index is 279. The second-order valence-corrected chi connectivity index (χ2v) is 3.65. The van der Waals surface area contributed by atoms with Crippen molar-refractivity contribution >= 4 is 0 Å². The van der Waals surface area contributed by atoms with Gasteiger partial charge in [-0.15, -0.1) is 0 Å². The van der Waals surface area contributed by atoms with E-state index in [4.69, 9.17) is 5.73 Å². The highest BCUT2D eigenvalue weighted by molar-refractivity contribution is 5.23. The van der Waals surface area contributed by atoms with Crippen LogP contribution in [-0.2, 0) is 6.54 Å². The van der Waals surface area contributed by atoms with Crippen LogP contribution in [0.4, 0.5) is 4.39 Å². The molecule has 3 N–H and O–H groups in total. The number of halogens is 1. The lowest BCUT2D eigenvalue weighted by Crippen LogP contribution is -2.32. The Morgan fingerprint density at radius 2 is 2.14 bits per heavy atom. The van der Waals surface area contributed by atoms with Crippen molar-refractivity contribution in [3.05, 3.63) is 35.1 Å². The number of benzene rings is 1. The standard InChI is InChI=1S/C11H17FN2/c1-8-3-10(5-11(12)4-8)7-14-9(2)6-13/h3-5,9,14H,6-7,13H2,1-2H3/t9-/m1/s1. The maximum atomic E-state index is 13.0. The Morgan fingerprint density at radius 3 is 2.71 bits per heavy atom. The van der Waals surface area contributed by atoms with Crippen molar-refractivity contribution in [3.8, 4) is 0 Å². The Balaban J connectivity index is 2.58. The molecule has 0 unspecified atom stereocenters. The van der Waals surface area contributed by atoms with E-state index in [1.807, 2.05) is 19.9 Å². The van der Waals surface area contributed by atoms with Gasteiger partial charge in [0, 0.05) is 19.1 Å². The van der Waals surface area contributed by atoms with E-state index in [2.05, 4.69) is 5.32 Å². The Hall–Kier alpha value is -0.930. The Morgan fingerprint density at radius 1 is 1.43 bits per heavy atom. The first-order valence-corrected chi connectivity index (χ1v) is 4.81. The zero-order chi connectivity index (χ0) is 10.6. The molecule has 0 heterocycles. The topological polar surface area (TPSA) is 38.0 Å². The van der Waals surface area contributed by atoms with Crippen LogP contribution in [0.15, 0.2) is 18.2 Å². The Labute approximate surface area is 84.3 Å². The fourth-order valence-electron chi connectivity index (χ4n) is 1.29. The lowest BCUT2D eigenvalue weighted by atomic mass is 10.1. The summed E-state index contributed by atoms with van der Waals surface area (Å²) in [4.78, 5) is 0. The van der Waals surface area contributed by atoms with Gasteiger partial charge in [0.1, 0.15) is 5.82 Å². The summed E-state index contributed by atoms with van der Waals surface area (Å²) in [6.45, 7) is 5.15. The molecular formula is C11H17FN2. The van der Waals surface area contributed by atoms with Crippen molar-refractivity contribution in [2.24, 2.45) is 5.73 Å². The number of nitrogens with one attached hydrogen (secondary N) is 1. The number of hydrogen-bond acceptors (Lipinski definition) is 2. The van der Waals surface area contributed by atoms with Crippen LogP contribution >= 0.6 is 0 Å². The van der Waals surface area contributed by atoms with E-state index < -0.39 is 0 Å². The highest BCUT2D eigenvalue weighted by Crippen LogP contribution is 2.08. The van der Waals surface area contributed by atoms with Crippen LogP contribution < -0.4 is 11.1 Å². The monoisotopic (exact) mass is 196 g/mol. The van der Waals surface area contributed by atoms with Crippen LogP contribution in [0.2, 0.25) is 0 Å². The molecule has 0 amide bonds. The van der Waals surface area contributed by atoms with E-state index in [0.29, 0.717) is 13.1 Å². The average Bonchev–Trinajstić information content (AvgIpc) is 2.12. The van der Waals surface area contributed by atoms with Crippen LogP contribution in [-0.4, -0.2) is 12.6 Å². The third-order valence-electron chi connectivity index (χ3n) is 2.11. The van der Waals surface area contributed by atoms with E-state index >= 15 is 0 Å². The molecule has 0 bridgehead atoms. The maximum absolute atomic E-state index is 13.0. The predicted molar refractivity (Wildman–Crippen MR) is 56.5 cm³/mol. The molecule has 0 spiro atoms. The summed E-state index contributed by atoms with van der Waals surface area (Å²) in [7, 11) is 0. The van der Waals surface area contributed by atoms with Gasteiger partial charge in [-0.25, -0.2) is 4.39 Å². The van der Waals surface area contributed by atoms with Crippen molar-refractivity contribution in [2.75, 3.05) is 6.54 Å². The smallest absolute Gasteiger partial charge is 0.123 e. The molecule has 1 aromatic carbocycles. The first-order valence-electron chi connectivity index (χ1n) is 4.81. The summed E-state index contributed by atoms with van der Waals surface area (Å²) < 4.78 is 13.0. The van der Waals surface area contributed by atoms with Gasteiger partial charge in [0.15, 0.2) is 0 Å². The molecule has 14 heavy (non-hydrogen) atoms. The third-order valence-corrected chi connectivity index (χ3v) is 2.11. The normalized spacial score (nSPS) is 12.9. The van der Waals surface area contributed by atoms with Gasteiger partial charge in [-0.1, -0.05) is 6.07 Å². The van der Waals surface area contributed by atoms with E-state index in [1.54, 1.807) is 6.07 Å².